The molecule has 0 bridgehead atoms. The van der Waals surface area contributed by atoms with Crippen LogP contribution in [0.2, 0.25) is 0 Å². The average molecular weight is 166 g/mol. The SMILES string of the molecule is CC/C=C\C(C)C(F)(F)CF. The summed E-state index contributed by atoms with van der Waals surface area (Å²) in [7, 11) is 0. The van der Waals surface area contributed by atoms with E-state index < -0.39 is 18.5 Å². The van der Waals surface area contributed by atoms with Gasteiger partial charge in [-0.15, -0.1) is 0 Å². The van der Waals surface area contributed by atoms with Gasteiger partial charge in [-0.3, -0.25) is 0 Å². The molecular formula is C8H13F3. The molecule has 1 atom stereocenters. The summed E-state index contributed by atoms with van der Waals surface area (Å²) in [5.74, 6) is -4.21. The second-order valence-corrected chi connectivity index (χ2v) is 2.52. The van der Waals surface area contributed by atoms with Crippen LogP contribution in [-0.4, -0.2) is 12.6 Å². The summed E-state index contributed by atoms with van der Waals surface area (Å²) in [6.07, 6.45) is 3.67. The number of allylic oxidation sites excluding steroid dienone is 2. The van der Waals surface area contributed by atoms with Gasteiger partial charge in [-0.1, -0.05) is 26.0 Å². The Kier molecular flexibility index (Phi) is 4.23. The van der Waals surface area contributed by atoms with Gasteiger partial charge in [0.2, 0.25) is 0 Å². The highest BCUT2D eigenvalue weighted by atomic mass is 19.3. The Morgan fingerprint density at radius 3 is 2.36 bits per heavy atom. The maximum Gasteiger partial charge on any atom is 0.281 e. The average Bonchev–Trinajstić information content (AvgIpc) is 2.00. The second kappa shape index (κ2) is 4.42. The molecule has 0 amide bonds. The van der Waals surface area contributed by atoms with Crippen LogP contribution in [0.3, 0.4) is 0 Å². The molecule has 3 heteroatoms. The molecule has 0 aliphatic carbocycles. The van der Waals surface area contributed by atoms with E-state index in [4.69, 9.17) is 0 Å². The molecule has 0 heterocycles. The summed E-state index contributed by atoms with van der Waals surface area (Å²) in [4.78, 5) is 0. The van der Waals surface area contributed by atoms with E-state index in [1.165, 1.54) is 13.0 Å². The second-order valence-electron chi connectivity index (χ2n) is 2.52. The molecule has 0 rings (SSSR count). The molecule has 0 spiro atoms. The normalized spacial score (nSPS) is 15.7. The van der Waals surface area contributed by atoms with Gasteiger partial charge in [0.25, 0.3) is 5.92 Å². The van der Waals surface area contributed by atoms with Crippen molar-refractivity contribution in [1.82, 2.24) is 0 Å². The quantitative estimate of drug-likeness (QED) is 0.562. The van der Waals surface area contributed by atoms with Crippen molar-refractivity contribution < 1.29 is 13.2 Å². The van der Waals surface area contributed by atoms with Crippen molar-refractivity contribution in [3.8, 4) is 0 Å². The van der Waals surface area contributed by atoms with E-state index in [-0.39, 0.29) is 0 Å². The van der Waals surface area contributed by atoms with Crippen molar-refractivity contribution in [3.63, 3.8) is 0 Å². The van der Waals surface area contributed by atoms with Gasteiger partial charge in [-0.25, -0.2) is 13.2 Å². The first-order valence-corrected chi connectivity index (χ1v) is 3.65. The first kappa shape index (κ1) is 10.5. The van der Waals surface area contributed by atoms with Crippen molar-refractivity contribution >= 4 is 0 Å². The van der Waals surface area contributed by atoms with E-state index in [1.807, 2.05) is 6.92 Å². The summed E-state index contributed by atoms with van der Waals surface area (Å²) < 4.78 is 36.6. The molecule has 66 valence electrons. The third kappa shape index (κ3) is 3.44. The lowest BCUT2D eigenvalue weighted by Gasteiger charge is -2.16. The number of rotatable bonds is 4. The molecule has 0 radical (unpaired) electrons. The summed E-state index contributed by atoms with van der Waals surface area (Å²) in [6.45, 7) is 1.57. The summed E-state index contributed by atoms with van der Waals surface area (Å²) in [5, 5.41) is 0. The van der Waals surface area contributed by atoms with Crippen molar-refractivity contribution in [2.24, 2.45) is 5.92 Å². The zero-order valence-corrected chi connectivity index (χ0v) is 6.78. The van der Waals surface area contributed by atoms with E-state index in [0.29, 0.717) is 6.42 Å². The van der Waals surface area contributed by atoms with E-state index in [9.17, 15) is 13.2 Å². The van der Waals surface area contributed by atoms with Crippen LogP contribution in [0.25, 0.3) is 0 Å². The Balaban J connectivity index is 4.00. The van der Waals surface area contributed by atoms with Gasteiger partial charge in [-0.2, -0.15) is 0 Å². The summed E-state index contributed by atoms with van der Waals surface area (Å²) in [6, 6.07) is 0. The molecule has 0 saturated heterocycles. The molecular weight excluding hydrogens is 153 g/mol. The molecule has 11 heavy (non-hydrogen) atoms. The van der Waals surface area contributed by atoms with Gasteiger partial charge in [0, 0.05) is 5.92 Å². The van der Waals surface area contributed by atoms with Crippen LogP contribution in [0.15, 0.2) is 12.2 Å². The molecule has 1 unspecified atom stereocenters. The Bertz CT molecular complexity index is 129. The predicted octanol–water partition coefficient (Wildman–Crippen LogP) is 3.19. The number of hydrogen-bond acceptors (Lipinski definition) is 0. The molecule has 0 saturated carbocycles. The van der Waals surface area contributed by atoms with Crippen LogP contribution >= 0.6 is 0 Å². The fourth-order valence-electron chi connectivity index (χ4n) is 0.603. The minimum absolute atomic E-state index is 0.701. The van der Waals surface area contributed by atoms with Gasteiger partial charge in [0.1, 0.15) is 0 Å². The first-order valence-electron chi connectivity index (χ1n) is 3.65. The summed E-state index contributed by atoms with van der Waals surface area (Å²) >= 11 is 0. The maximum absolute atomic E-state index is 12.4. The molecule has 0 aromatic carbocycles. The van der Waals surface area contributed by atoms with Crippen LogP contribution in [0.1, 0.15) is 20.3 Å². The largest absolute Gasteiger partial charge is 0.281 e. The third-order valence-corrected chi connectivity index (χ3v) is 1.50. The van der Waals surface area contributed by atoms with Crippen LogP contribution in [-0.2, 0) is 0 Å². The van der Waals surface area contributed by atoms with Crippen molar-refractivity contribution in [1.29, 1.82) is 0 Å². The van der Waals surface area contributed by atoms with Crippen LogP contribution in [0, 0.1) is 5.92 Å². The lowest BCUT2D eigenvalue weighted by Crippen LogP contribution is -2.26. The smallest absolute Gasteiger partial charge is 0.244 e. The fourth-order valence-corrected chi connectivity index (χ4v) is 0.603. The zero-order valence-electron chi connectivity index (χ0n) is 6.78. The molecule has 0 N–H and O–H groups in total. The molecule has 0 aromatic heterocycles. The van der Waals surface area contributed by atoms with E-state index in [0.717, 1.165) is 0 Å². The topological polar surface area (TPSA) is 0 Å². The van der Waals surface area contributed by atoms with Gasteiger partial charge in [0.15, 0.2) is 6.67 Å². The van der Waals surface area contributed by atoms with Crippen molar-refractivity contribution in [2.45, 2.75) is 26.2 Å². The Morgan fingerprint density at radius 2 is 2.00 bits per heavy atom. The molecule has 0 aromatic rings. The Labute approximate surface area is 65.1 Å². The molecule has 0 fully saturated rings. The molecule has 0 aliphatic heterocycles. The van der Waals surface area contributed by atoms with Gasteiger partial charge in [0.05, 0.1) is 0 Å². The fraction of sp³-hybridized carbons (Fsp3) is 0.750. The summed E-state index contributed by atoms with van der Waals surface area (Å²) in [5.41, 5.74) is 0. The Morgan fingerprint density at radius 1 is 1.45 bits per heavy atom. The van der Waals surface area contributed by atoms with Gasteiger partial charge in [-0.05, 0) is 6.42 Å². The van der Waals surface area contributed by atoms with Crippen LogP contribution in [0.5, 0.6) is 0 Å². The van der Waals surface area contributed by atoms with Crippen molar-refractivity contribution in [3.05, 3.63) is 12.2 Å². The highest BCUT2D eigenvalue weighted by Gasteiger charge is 2.34. The van der Waals surface area contributed by atoms with Crippen LogP contribution in [0.4, 0.5) is 13.2 Å². The Hall–Kier alpha value is -0.470. The number of hydrogen-bond donors (Lipinski definition) is 0. The van der Waals surface area contributed by atoms with E-state index in [2.05, 4.69) is 0 Å². The van der Waals surface area contributed by atoms with Gasteiger partial charge >= 0.3 is 0 Å². The monoisotopic (exact) mass is 166 g/mol. The highest BCUT2D eigenvalue weighted by molar-refractivity contribution is 4.92. The minimum atomic E-state index is -3.20. The maximum atomic E-state index is 12.4. The highest BCUT2D eigenvalue weighted by Crippen LogP contribution is 2.25. The van der Waals surface area contributed by atoms with Crippen molar-refractivity contribution in [2.75, 3.05) is 6.67 Å². The van der Waals surface area contributed by atoms with Gasteiger partial charge < -0.3 is 0 Å². The molecule has 0 nitrogen and oxygen atoms in total. The zero-order chi connectivity index (χ0) is 8.91. The number of alkyl halides is 3. The van der Waals surface area contributed by atoms with E-state index in [1.54, 1.807) is 6.08 Å². The molecule has 0 aliphatic rings. The standard InChI is InChI=1S/C8H13F3/c1-3-4-5-7(2)8(10,11)6-9/h4-5,7H,3,6H2,1-2H3/b5-4-. The lowest BCUT2D eigenvalue weighted by atomic mass is 10.0. The minimum Gasteiger partial charge on any atom is -0.244 e. The van der Waals surface area contributed by atoms with Crippen LogP contribution < -0.4 is 0 Å². The predicted molar refractivity (Wildman–Crippen MR) is 39.5 cm³/mol. The number of halogens is 3. The first-order chi connectivity index (χ1) is 5.04. The lowest BCUT2D eigenvalue weighted by molar-refractivity contribution is -0.0542. The van der Waals surface area contributed by atoms with E-state index >= 15 is 0 Å². The third-order valence-electron chi connectivity index (χ3n) is 1.50.